The van der Waals surface area contributed by atoms with Gasteiger partial charge >= 0.3 is 0 Å². The molecule has 0 atom stereocenters. The number of hydrogen-bond acceptors (Lipinski definition) is 4. The van der Waals surface area contributed by atoms with Crippen molar-refractivity contribution < 1.29 is 4.52 Å². The molecule has 144 valence electrons. The molecule has 0 spiro atoms. The largest absolute Gasteiger partial charge is 0.356 e. The first-order valence-corrected chi connectivity index (χ1v) is 9.13. The zero-order chi connectivity index (χ0) is 17.9. The Balaban J connectivity index is 0.00000338. The molecule has 26 heavy (non-hydrogen) atoms. The molecule has 0 bridgehead atoms. The molecule has 0 aliphatic carbocycles. The molecule has 0 aliphatic rings. The van der Waals surface area contributed by atoms with E-state index in [2.05, 4.69) is 32.7 Å². The zero-order valence-electron chi connectivity index (χ0n) is 15.3. The number of rotatable bonds is 9. The monoisotopic (exact) mass is 491 g/mol. The van der Waals surface area contributed by atoms with Gasteiger partial charge in [-0.05, 0) is 30.7 Å². The number of halogens is 2. The second kappa shape index (κ2) is 12.9. The van der Waals surface area contributed by atoms with Crippen LogP contribution in [0.1, 0.15) is 38.5 Å². The minimum absolute atomic E-state index is 0. The predicted octanol–water partition coefficient (Wildman–Crippen LogP) is 4.30. The second-order valence-electron chi connectivity index (χ2n) is 5.76. The Kier molecular flexibility index (Phi) is 11.3. The highest BCUT2D eigenvalue weighted by atomic mass is 127. The van der Waals surface area contributed by atoms with Crippen LogP contribution in [0.4, 0.5) is 0 Å². The van der Waals surface area contributed by atoms with Gasteiger partial charge in [0.1, 0.15) is 0 Å². The van der Waals surface area contributed by atoms with E-state index in [-0.39, 0.29) is 24.0 Å². The molecule has 2 aromatic rings. The van der Waals surface area contributed by atoms with Gasteiger partial charge in [-0.25, -0.2) is 0 Å². The van der Waals surface area contributed by atoms with Crippen LogP contribution in [0.15, 0.2) is 33.8 Å². The summed E-state index contributed by atoms with van der Waals surface area (Å²) in [5.74, 6) is 1.97. The Labute approximate surface area is 177 Å². The van der Waals surface area contributed by atoms with Gasteiger partial charge in [0.05, 0.1) is 0 Å². The fourth-order valence-electron chi connectivity index (χ4n) is 2.34. The third-order valence-electron chi connectivity index (χ3n) is 3.75. The van der Waals surface area contributed by atoms with Crippen LogP contribution in [0.25, 0.3) is 11.4 Å². The first kappa shape index (κ1) is 22.7. The second-order valence-corrected chi connectivity index (χ2v) is 6.19. The van der Waals surface area contributed by atoms with E-state index in [9.17, 15) is 0 Å². The van der Waals surface area contributed by atoms with Crippen molar-refractivity contribution in [1.82, 2.24) is 20.8 Å². The molecule has 0 fully saturated rings. The Morgan fingerprint density at radius 3 is 2.54 bits per heavy atom. The molecular weight excluding hydrogens is 465 g/mol. The number of aliphatic imine (C=N–C) groups is 1. The molecule has 1 aromatic carbocycles. The van der Waals surface area contributed by atoms with Crippen molar-refractivity contribution >= 4 is 41.5 Å². The minimum atomic E-state index is 0. The molecule has 0 saturated carbocycles. The highest BCUT2D eigenvalue weighted by Crippen LogP contribution is 2.18. The molecule has 2 N–H and O–H groups in total. The standard InChI is InChI=1S/C18H26ClN5O.HI/c1-3-4-5-6-12-21-18(20-2)22-13-11-16-23-17(24-25-16)14-7-9-15(19)10-8-14;/h7-10H,3-6,11-13H2,1-2H3,(H2,20,21,22);1H. The molecule has 1 aromatic heterocycles. The third kappa shape index (κ3) is 7.90. The van der Waals surface area contributed by atoms with Gasteiger partial charge in [-0.2, -0.15) is 4.98 Å². The van der Waals surface area contributed by atoms with Crippen LogP contribution in [0, 0.1) is 0 Å². The number of nitrogens with one attached hydrogen (secondary N) is 2. The summed E-state index contributed by atoms with van der Waals surface area (Å²) in [7, 11) is 1.77. The lowest BCUT2D eigenvalue weighted by Gasteiger charge is -2.10. The average molecular weight is 492 g/mol. The number of benzene rings is 1. The number of guanidine groups is 1. The van der Waals surface area contributed by atoms with Crippen molar-refractivity contribution in [2.45, 2.75) is 39.0 Å². The molecule has 0 aliphatic heterocycles. The topological polar surface area (TPSA) is 75.3 Å². The van der Waals surface area contributed by atoms with E-state index < -0.39 is 0 Å². The molecule has 8 heteroatoms. The van der Waals surface area contributed by atoms with Crippen molar-refractivity contribution in [2.24, 2.45) is 4.99 Å². The summed E-state index contributed by atoms with van der Waals surface area (Å²) in [5.41, 5.74) is 0.886. The fourth-order valence-corrected chi connectivity index (χ4v) is 2.47. The van der Waals surface area contributed by atoms with Gasteiger partial charge in [0.2, 0.25) is 11.7 Å². The van der Waals surface area contributed by atoms with Gasteiger partial charge in [0, 0.05) is 37.1 Å². The summed E-state index contributed by atoms with van der Waals surface area (Å²) >= 11 is 5.89. The van der Waals surface area contributed by atoms with Gasteiger partial charge in [-0.15, -0.1) is 24.0 Å². The van der Waals surface area contributed by atoms with Crippen molar-refractivity contribution in [3.05, 3.63) is 35.2 Å². The van der Waals surface area contributed by atoms with E-state index in [0.29, 0.717) is 29.7 Å². The van der Waals surface area contributed by atoms with Crippen LogP contribution < -0.4 is 10.6 Å². The smallest absolute Gasteiger partial charge is 0.228 e. The average Bonchev–Trinajstić information content (AvgIpc) is 3.09. The summed E-state index contributed by atoms with van der Waals surface area (Å²) in [6.07, 6.45) is 5.56. The van der Waals surface area contributed by atoms with E-state index in [4.69, 9.17) is 16.1 Å². The highest BCUT2D eigenvalue weighted by molar-refractivity contribution is 14.0. The predicted molar refractivity (Wildman–Crippen MR) is 117 cm³/mol. The van der Waals surface area contributed by atoms with E-state index in [0.717, 1.165) is 24.5 Å². The van der Waals surface area contributed by atoms with Gasteiger partial charge < -0.3 is 15.2 Å². The quantitative estimate of drug-likeness (QED) is 0.237. The lowest BCUT2D eigenvalue weighted by atomic mass is 10.2. The van der Waals surface area contributed by atoms with Crippen molar-refractivity contribution in [1.29, 1.82) is 0 Å². The maximum atomic E-state index is 5.89. The number of unbranched alkanes of at least 4 members (excludes halogenated alkanes) is 3. The molecule has 1 heterocycles. The van der Waals surface area contributed by atoms with Crippen molar-refractivity contribution in [3.8, 4) is 11.4 Å². The Hall–Kier alpha value is -1.35. The van der Waals surface area contributed by atoms with E-state index >= 15 is 0 Å². The van der Waals surface area contributed by atoms with Crippen LogP contribution in [0.5, 0.6) is 0 Å². The zero-order valence-corrected chi connectivity index (χ0v) is 18.4. The van der Waals surface area contributed by atoms with Crippen LogP contribution >= 0.6 is 35.6 Å². The van der Waals surface area contributed by atoms with Gasteiger partial charge in [0.25, 0.3) is 0 Å². The first-order chi connectivity index (χ1) is 12.2. The summed E-state index contributed by atoms with van der Waals surface area (Å²) in [4.78, 5) is 8.62. The number of nitrogens with zero attached hydrogens (tertiary/aromatic N) is 3. The highest BCUT2D eigenvalue weighted by Gasteiger charge is 2.08. The maximum Gasteiger partial charge on any atom is 0.228 e. The molecule has 6 nitrogen and oxygen atoms in total. The first-order valence-electron chi connectivity index (χ1n) is 8.76. The molecule has 0 radical (unpaired) electrons. The van der Waals surface area contributed by atoms with Crippen LogP contribution in [0.3, 0.4) is 0 Å². The van der Waals surface area contributed by atoms with Crippen LogP contribution in [-0.2, 0) is 6.42 Å². The summed E-state index contributed by atoms with van der Waals surface area (Å²) in [6.45, 7) is 3.82. The fraction of sp³-hybridized carbons (Fsp3) is 0.500. The summed E-state index contributed by atoms with van der Waals surface area (Å²) < 4.78 is 5.30. The van der Waals surface area contributed by atoms with Crippen LogP contribution in [0.2, 0.25) is 5.02 Å². The maximum absolute atomic E-state index is 5.89. The summed E-state index contributed by atoms with van der Waals surface area (Å²) in [5, 5.41) is 11.3. The van der Waals surface area contributed by atoms with Gasteiger partial charge in [0.15, 0.2) is 5.96 Å². The van der Waals surface area contributed by atoms with E-state index in [1.807, 2.05) is 24.3 Å². The normalized spacial score (nSPS) is 11.1. The minimum Gasteiger partial charge on any atom is -0.356 e. The van der Waals surface area contributed by atoms with Crippen molar-refractivity contribution in [2.75, 3.05) is 20.1 Å². The van der Waals surface area contributed by atoms with E-state index in [1.54, 1.807) is 7.05 Å². The molecule has 0 amide bonds. The van der Waals surface area contributed by atoms with Crippen molar-refractivity contribution in [3.63, 3.8) is 0 Å². The lowest BCUT2D eigenvalue weighted by molar-refractivity contribution is 0.378. The lowest BCUT2D eigenvalue weighted by Crippen LogP contribution is -2.38. The number of aromatic nitrogens is 2. The van der Waals surface area contributed by atoms with E-state index in [1.165, 1.54) is 19.3 Å². The van der Waals surface area contributed by atoms with Crippen LogP contribution in [-0.4, -0.2) is 36.2 Å². The summed E-state index contributed by atoms with van der Waals surface area (Å²) in [6, 6.07) is 7.37. The Morgan fingerprint density at radius 2 is 1.85 bits per heavy atom. The Morgan fingerprint density at radius 1 is 1.12 bits per heavy atom. The molecule has 0 unspecified atom stereocenters. The SMILES string of the molecule is CCCCCCNC(=NC)NCCc1nc(-c2ccc(Cl)cc2)no1.I. The Bertz CT molecular complexity index is 660. The molecule has 2 rings (SSSR count). The number of hydrogen-bond donors (Lipinski definition) is 2. The third-order valence-corrected chi connectivity index (χ3v) is 4.00. The van der Waals surface area contributed by atoms with Gasteiger partial charge in [-0.1, -0.05) is 42.9 Å². The molecule has 0 saturated heterocycles. The van der Waals surface area contributed by atoms with Gasteiger partial charge in [-0.3, -0.25) is 4.99 Å². The molecular formula is C18H27ClIN5O.